The first-order valence-electron chi connectivity index (χ1n) is 14.2. The molecule has 43 heavy (non-hydrogen) atoms. The van der Waals surface area contributed by atoms with Crippen molar-refractivity contribution in [1.29, 1.82) is 0 Å². The highest BCUT2D eigenvalue weighted by Gasteiger charge is 2.29. The van der Waals surface area contributed by atoms with Gasteiger partial charge in [-0.2, -0.15) is 0 Å². The van der Waals surface area contributed by atoms with Crippen molar-refractivity contribution in [3.63, 3.8) is 0 Å². The summed E-state index contributed by atoms with van der Waals surface area (Å²) < 4.78 is 47.0. The largest absolute Gasteiger partial charge is 0.491 e. The second-order valence-corrected chi connectivity index (χ2v) is 10.9. The lowest BCUT2D eigenvalue weighted by Gasteiger charge is -2.27. The summed E-state index contributed by atoms with van der Waals surface area (Å²) in [6.45, 7) is 8.82. The van der Waals surface area contributed by atoms with Gasteiger partial charge in [0, 0.05) is 29.3 Å². The van der Waals surface area contributed by atoms with Crippen LogP contribution in [0.1, 0.15) is 53.7 Å². The molecule has 1 amide bonds. The Morgan fingerprint density at radius 3 is 2.14 bits per heavy atom. The van der Waals surface area contributed by atoms with E-state index in [1.165, 1.54) is 24.3 Å². The predicted octanol–water partition coefficient (Wildman–Crippen LogP) is 7.41. The standard InChI is InChI=1S/C34H34ClF3N2O3/c1-4-40(5-2)12-13-43-32-11-8-24(20-28(32)35)34(42)39-27-18-25(15-22-6-9-29(36)21(3)14-22)33(41)26(19-27)16-23-7-10-30(37)31(38)17-23/h6-11,14-17,20,27H,4-5,12-13,18-19H2,1-3H3,(H,39,42)/b25-15+,26-16+. The number of likely N-dealkylation sites (N-methyl/N-ethyl adjacent to an activating group) is 1. The number of ether oxygens (including phenoxy) is 1. The Labute approximate surface area is 255 Å². The number of carbonyl (C=O) groups excluding carboxylic acids is 2. The van der Waals surface area contributed by atoms with Gasteiger partial charge in [-0.25, -0.2) is 13.2 Å². The number of benzene rings is 3. The van der Waals surface area contributed by atoms with Gasteiger partial charge in [0.25, 0.3) is 5.91 Å². The van der Waals surface area contributed by atoms with E-state index >= 15 is 0 Å². The molecule has 9 heteroatoms. The third kappa shape index (κ3) is 8.36. The summed E-state index contributed by atoms with van der Waals surface area (Å²) in [5.74, 6) is -2.58. The molecule has 3 aromatic rings. The number of halogens is 4. The molecule has 0 saturated heterocycles. The summed E-state index contributed by atoms with van der Waals surface area (Å²) in [6.07, 6.45) is 3.54. The SMILES string of the molecule is CCN(CC)CCOc1ccc(C(=O)NC2C/C(=C\c3ccc(F)c(C)c3)C(=O)/C(=C/c3ccc(F)c(F)c3)C2)cc1Cl. The van der Waals surface area contributed by atoms with Gasteiger partial charge >= 0.3 is 0 Å². The minimum Gasteiger partial charge on any atom is -0.491 e. The molecule has 1 aliphatic carbocycles. The van der Waals surface area contributed by atoms with Crippen molar-refractivity contribution in [3.05, 3.63) is 110 Å². The van der Waals surface area contributed by atoms with Crippen LogP contribution in [0.2, 0.25) is 5.02 Å². The molecule has 0 heterocycles. The first-order valence-corrected chi connectivity index (χ1v) is 14.6. The van der Waals surface area contributed by atoms with E-state index in [1.807, 2.05) is 0 Å². The smallest absolute Gasteiger partial charge is 0.251 e. The maximum Gasteiger partial charge on any atom is 0.251 e. The van der Waals surface area contributed by atoms with Gasteiger partial charge in [0.2, 0.25) is 0 Å². The lowest BCUT2D eigenvalue weighted by Crippen LogP contribution is -2.39. The topological polar surface area (TPSA) is 58.6 Å². The van der Waals surface area contributed by atoms with E-state index in [2.05, 4.69) is 24.1 Å². The Hall–Kier alpha value is -3.88. The van der Waals surface area contributed by atoms with Crippen molar-refractivity contribution in [2.45, 2.75) is 39.7 Å². The van der Waals surface area contributed by atoms with Crippen LogP contribution in [0.3, 0.4) is 0 Å². The number of nitrogens with one attached hydrogen (secondary N) is 1. The van der Waals surface area contributed by atoms with E-state index in [0.717, 1.165) is 31.8 Å². The second kappa shape index (κ2) is 14.5. The highest BCUT2D eigenvalue weighted by molar-refractivity contribution is 6.32. The number of rotatable bonds is 10. The van der Waals surface area contributed by atoms with Gasteiger partial charge in [0.05, 0.1) is 5.02 Å². The molecular weight excluding hydrogens is 577 g/mol. The minimum absolute atomic E-state index is 0.170. The third-order valence-electron chi connectivity index (χ3n) is 7.41. The first-order chi connectivity index (χ1) is 20.6. The number of aryl methyl sites for hydroxylation is 1. The second-order valence-electron chi connectivity index (χ2n) is 10.4. The average Bonchev–Trinajstić information content (AvgIpc) is 2.98. The van der Waals surface area contributed by atoms with Crippen molar-refractivity contribution < 1.29 is 27.5 Å². The van der Waals surface area contributed by atoms with Crippen LogP contribution in [0.25, 0.3) is 12.2 Å². The minimum atomic E-state index is -1.03. The van der Waals surface area contributed by atoms with E-state index in [1.54, 1.807) is 37.3 Å². The zero-order chi connectivity index (χ0) is 31.1. The van der Waals surface area contributed by atoms with E-state index < -0.39 is 17.7 Å². The summed E-state index contributed by atoms with van der Waals surface area (Å²) >= 11 is 6.43. The molecule has 0 radical (unpaired) electrons. The number of nitrogens with zero attached hydrogens (tertiary/aromatic N) is 1. The molecule has 1 saturated carbocycles. The normalized spacial score (nSPS) is 17.1. The molecule has 1 fully saturated rings. The van der Waals surface area contributed by atoms with Crippen molar-refractivity contribution in [3.8, 4) is 5.75 Å². The maximum atomic E-state index is 13.9. The molecule has 4 rings (SSSR count). The Balaban J connectivity index is 1.56. The van der Waals surface area contributed by atoms with Crippen LogP contribution in [-0.4, -0.2) is 48.9 Å². The van der Waals surface area contributed by atoms with Crippen LogP contribution in [0.15, 0.2) is 65.7 Å². The predicted molar refractivity (Wildman–Crippen MR) is 164 cm³/mol. The Morgan fingerprint density at radius 1 is 0.930 bits per heavy atom. The molecule has 1 unspecified atom stereocenters. The zero-order valence-electron chi connectivity index (χ0n) is 24.4. The number of ketones is 1. The van der Waals surface area contributed by atoms with E-state index in [-0.39, 0.29) is 30.3 Å². The van der Waals surface area contributed by atoms with Crippen LogP contribution in [0.4, 0.5) is 13.2 Å². The van der Waals surface area contributed by atoms with Gasteiger partial charge in [-0.3, -0.25) is 9.59 Å². The lowest BCUT2D eigenvalue weighted by molar-refractivity contribution is -0.113. The molecule has 226 valence electrons. The van der Waals surface area contributed by atoms with Gasteiger partial charge < -0.3 is 15.0 Å². The maximum absolute atomic E-state index is 13.9. The highest BCUT2D eigenvalue weighted by atomic mass is 35.5. The molecule has 1 aliphatic rings. The van der Waals surface area contributed by atoms with Gasteiger partial charge in [-0.1, -0.05) is 37.6 Å². The van der Waals surface area contributed by atoms with Crippen molar-refractivity contribution in [2.24, 2.45) is 0 Å². The molecule has 0 bridgehead atoms. The quantitative estimate of drug-likeness (QED) is 0.243. The van der Waals surface area contributed by atoms with E-state index in [9.17, 15) is 22.8 Å². The van der Waals surface area contributed by atoms with Crippen LogP contribution >= 0.6 is 11.6 Å². The summed E-state index contributed by atoms with van der Waals surface area (Å²) in [7, 11) is 0. The summed E-state index contributed by atoms with van der Waals surface area (Å²) in [4.78, 5) is 28.9. The van der Waals surface area contributed by atoms with Crippen molar-refractivity contribution in [2.75, 3.05) is 26.2 Å². The summed E-state index contributed by atoms with van der Waals surface area (Å²) in [6, 6.07) is 12.2. The monoisotopic (exact) mass is 610 g/mol. The van der Waals surface area contributed by atoms with Crippen LogP contribution in [0, 0.1) is 24.4 Å². The fourth-order valence-electron chi connectivity index (χ4n) is 4.96. The fourth-order valence-corrected chi connectivity index (χ4v) is 5.20. The Kier molecular flexibility index (Phi) is 10.8. The average molecular weight is 611 g/mol. The van der Waals surface area contributed by atoms with Gasteiger partial charge in [-0.05, 0) is 104 Å². The van der Waals surface area contributed by atoms with Crippen LogP contribution < -0.4 is 10.1 Å². The molecule has 1 N–H and O–H groups in total. The Morgan fingerprint density at radius 2 is 1.56 bits per heavy atom. The van der Waals surface area contributed by atoms with Crippen LogP contribution in [0.5, 0.6) is 5.75 Å². The number of Topliss-reactive ketones (excluding diaryl/α,β-unsaturated/α-hetero) is 1. The molecule has 0 aromatic heterocycles. The first kappa shape index (κ1) is 32.0. The third-order valence-corrected chi connectivity index (χ3v) is 7.71. The number of hydrogen-bond donors (Lipinski definition) is 1. The lowest BCUT2D eigenvalue weighted by atomic mass is 9.83. The summed E-state index contributed by atoms with van der Waals surface area (Å²) in [5, 5.41) is 3.28. The highest BCUT2D eigenvalue weighted by Crippen LogP contribution is 2.30. The van der Waals surface area contributed by atoms with Crippen molar-refractivity contribution >= 4 is 35.4 Å². The van der Waals surface area contributed by atoms with Gasteiger partial charge in [0.1, 0.15) is 18.2 Å². The number of carbonyl (C=O) groups is 2. The number of amides is 1. The Bertz CT molecular complexity index is 1490. The van der Waals surface area contributed by atoms with Gasteiger partial charge in [-0.15, -0.1) is 0 Å². The van der Waals surface area contributed by atoms with Crippen LogP contribution in [-0.2, 0) is 4.79 Å². The summed E-state index contributed by atoms with van der Waals surface area (Å²) in [5.41, 5.74) is 2.41. The molecule has 5 nitrogen and oxygen atoms in total. The zero-order valence-corrected chi connectivity index (χ0v) is 25.1. The molecule has 0 spiro atoms. The number of hydrogen-bond acceptors (Lipinski definition) is 4. The molecule has 3 aromatic carbocycles. The molecule has 0 aliphatic heterocycles. The fraction of sp³-hybridized carbons (Fsp3) is 0.294. The molecule has 1 atom stereocenters. The molecular formula is C34H34ClF3N2O3. The van der Waals surface area contributed by atoms with Crippen molar-refractivity contribution in [1.82, 2.24) is 10.2 Å². The van der Waals surface area contributed by atoms with E-state index in [4.69, 9.17) is 16.3 Å². The van der Waals surface area contributed by atoms with Gasteiger partial charge in [0.15, 0.2) is 17.4 Å². The van der Waals surface area contributed by atoms with E-state index in [0.29, 0.717) is 50.8 Å².